The number of aliphatic hydroxyl groups is 1. The van der Waals surface area contributed by atoms with Crippen LogP contribution in [0.2, 0.25) is 0 Å². The van der Waals surface area contributed by atoms with E-state index in [9.17, 15) is 0 Å². The van der Waals surface area contributed by atoms with Crippen LogP contribution in [0.3, 0.4) is 0 Å². The van der Waals surface area contributed by atoms with Gasteiger partial charge in [-0.2, -0.15) is 0 Å². The topological polar surface area (TPSA) is 20.2 Å². The van der Waals surface area contributed by atoms with E-state index in [1.807, 2.05) is 26.0 Å². The normalized spacial score (nSPS) is 14.8. The Morgan fingerprint density at radius 2 is 1.60 bits per heavy atom. The minimum atomic E-state index is 0.301. The van der Waals surface area contributed by atoms with Crippen molar-refractivity contribution in [3.8, 4) is 0 Å². The van der Waals surface area contributed by atoms with E-state index in [1.165, 1.54) is 0 Å². The highest BCUT2D eigenvalue weighted by molar-refractivity contribution is 5.27. The van der Waals surface area contributed by atoms with Gasteiger partial charge in [-0.3, -0.25) is 0 Å². The summed E-state index contributed by atoms with van der Waals surface area (Å²) in [5.41, 5.74) is 0. The Balaban J connectivity index is 0.000000371. The highest BCUT2D eigenvalue weighted by Gasteiger charge is 1.86. The minimum Gasteiger partial charge on any atom is -0.512 e. The van der Waals surface area contributed by atoms with E-state index >= 15 is 0 Å². The second-order valence-corrected chi connectivity index (χ2v) is 1.53. The molecule has 0 amide bonds. The maximum absolute atomic E-state index is 8.79. The Morgan fingerprint density at radius 3 is 2.30 bits per heavy atom. The van der Waals surface area contributed by atoms with E-state index in [-0.39, 0.29) is 0 Å². The van der Waals surface area contributed by atoms with Gasteiger partial charge in [0.25, 0.3) is 0 Å². The molecule has 0 spiro atoms. The zero-order valence-electron chi connectivity index (χ0n) is 6.41. The Hall–Kier alpha value is -0.980. The van der Waals surface area contributed by atoms with Gasteiger partial charge in [0.15, 0.2) is 0 Å². The van der Waals surface area contributed by atoms with Crippen LogP contribution in [0.5, 0.6) is 0 Å². The number of hydrogen-bond donors (Lipinski definition) is 1. The van der Waals surface area contributed by atoms with Crippen molar-refractivity contribution in [1.82, 2.24) is 0 Å². The molecule has 0 aromatic heterocycles. The third-order valence-electron chi connectivity index (χ3n) is 0.867. The molecule has 55 valence electrons. The number of aliphatic hydroxyl groups excluding tert-OH is 1. The predicted molar refractivity (Wildman–Crippen MR) is 44.6 cm³/mol. The van der Waals surface area contributed by atoms with E-state index < -0.39 is 0 Å². The summed E-state index contributed by atoms with van der Waals surface area (Å²) >= 11 is 0. The molecule has 0 aromatic rings. The standard InChI is InChI=1S/C7H7O.C2H6/c8-7-5-3-1-2-4-6-7;1-2/h1-6,8H;1-2H3. The summed E-state index contributed by atoms with van der Waals surface area (Å²) in [7, 11) is 0. The van der Waals surface area contributed by atoms with Gasteiger partial charge in [0.05, 0.1) is 0 Å². The van der Waals surface area contributed by atoms with Crippen LogP contribution in [0.4, 0.5) is 0 Å². The number of rotatable bonds is 0. The summed E-state index contributed by atoms with van der Waals surface area (Å²) in [4.78, 5) is 0. The van der Waals surface area contributed by atoms with Crippen LogP contribution < -0.4 is 0 Å². The first-order valence-electron chi connectivity index (χ1n) is 3.47. The fraction of sp³-hybridized carbons (Fsp3) is 0.222. The summed E-state index contributed by atoms with van der Waals surface area (Å²) in [6.07, 6.45) is 10.6. The van der Waals surface area contributed by atoms with Crippen molar-refractivity contribution in [1.29, 1.82) is 0 Å². The second kappa shape index (κ2) is 6.14. The first kappa shape index (κ1) is 9.02. The van der Waals surface area contributed by atoms with Crippen molar-refractivity contribution in [3.63, 3.8) is 0 Å². The van der Waals surface area contributed by atoms with Crippen LogP contribution in [0.25, 0.3) is 0 Å². The van der Waals surface area contributed by atoms with Crippen molar-refractivity contribution in [2.24, 2.45) is 0 Å². The largest absolute Gasteiger partial charge is 0.512 e. The fourth-order valence-corrected chi connectivity index (χ4v) is 0.492. The van der Waals surface area contributed by atoms with Crippen molar-refractivity contribution in [2.45, 2.75) is 13.8 Å². The van der Waals surface area contributed by atoms with Crippen molar-refractivity contribution >= 4 is 0 Å². The van der Waals surface area contributed by atoms with Crippen LogP contribution in [0, 0.1) is 6.42 Å². The molecular formula is C9H13O. The van der Waals surface area contributed by atoms with Gasteiger partial charge in [0.1, 0.15) is 5.76 Å². The fourth-order valence-electron chi connectivity index (χ4n) is 0.492. The van der Waals surface area contributed by atoms with E-state index in [1.54, 1.807) is 24.6 Å². The molecule has 1 heteroatoms. The van der Waals surface area contributed by atoms with Gasteiger partial charge < -0.3 is 5.11 Å². The van der Waals surface area contributed by atoms with E-state index in [4.69, 9.17) is 5.11 Å². The maximum atomic E-state index is 8.79. The molecule has 0 unspecified atom stereocenters. The minimum absolute atomic E-state index is 0.301. The smallest absolute Gasteiger partial charge is 0.100 e. The average Bonchev–Trinajstić information content (AvgIpc) is 2.21. The van der Waals surface area contributed by atoms with E-state index in [0.29, 0.717) is 5.76 Å². The zero-order chi connectivity index (χ0) is 7.82. The average molecular weight is 137 g/mol. The summed E-state index contributed by atoms with van der Waals surface area (Å²) in [6, 6.07) is 0. The Morgan fingerprint density at radius 1 is 1.00 bits per heavy atom. The van der Waals surface area contributed by atoms with Crippen LogP contribution in [0.15, 0.2) is 36.1 Å². The molecule has 0 aliphatic heterocycles. The highest BCUT2D eigenvalue weighted by atomic mass is 16.3. The Labute approximate surface area is 62.4 Å². The molecule has 0 atom stereocenters. The zero-order valence-corrected chi connectivity index (χ0v) is 6.41. The van der Waals surface area contributed by atoms with Crippen LogP contribution in [-0.4, -0.2) is 5.11 Å². The third-order valence-corrected chi connectivity index (χ3v) is 0.867. The molecular weight excluding hydrogens is 124 g/mol. The number of hydrogen-bond acceptors (Lipinski definition) is 1. The molecule has 0 aromatic carbocycles. The van der Waals surface area contributed by atoms with E-state index in [0.717, 1.165) is 0 Å². The summed E-state index contributed by atoms with van der Waals surface area (Å²) in [6.45, 7) is 4.00. The van der Waals surface area contributed by atoms with Gasteiger partial charge in [-0.05, 0) is 6.08 Å². The molecule has 1 aliphatic rings. The molecule has 0 heterocycles. The lowest BCUT2D eigenvalue weighted by atomic mass is 10.3. The van der Waals surface area contributed by atoms with Crippen LogP contribution in [0.1, 0.15) is 13.8 Å². The summed E-state index contributed by atoms with van der Waals surface area (Å²) in [5, 5.41) is 8.79. The predicted octanol–water partition coefficient (Wildman–Crippen LogP) is 2.78. The van der Waals surface area contributed by atoms with Gasteiger partial charge >= 0.3 is 0 Å². The molecule has 1 rings (SSSR count). The summed E-state index contributed by atoms with van der Waals surface area (Å²) < 4.78 is 0. The lowest BCUT2D eigenvalue weighted by molar-refractivity contribution is 0.425. The molecule has 0 saturated carbocycles. The van der Waals surface area contributed by atoms with Crippen molar-refractivity contribution in [2.75, 3.05) is 0 Å². The number of allylic oxidation sites excluding steroid dienone is 5. The Bertz CT molecular complexity index is 152. The van der Waals surface area contributed by atoms with Gasteiger partial charge in [-0.25, -0.2) is 0 Å². The molecule has 0 bridgehead atoms. The molecule has 1 aliphatic carbocycles. The molecule has 10 heavy (non-hydrogen) atoms. The molecule has 1 nitrogen and oxygen atoms in total. The maximum Gasteiger partial charge on any atom is 0.100 e. The lowest BCUT2D eigenvalue weighted by Crippen LogP contribution is -1.73. The first-order valence-corrected chi connectivity index (χ1v) is 3.47. The van der Waals surface area contributed by atoms with Gasteiger partial charge in [-0.1, -0.05) is 38.2 Å². The first-order chi connectivity index (χ1) is 4.89. The molecule has 0 saturated heterocycles. The van der Waals surface area contributed by atoms with Crippen molar-refractivity contribution < 1.29 is 5.11 Å². The van der Waals surface area contributed by atoms with Crippen molar-refractivity contribution in [3.05, 3.63) is 42.6 Å². The summed E-state index contributed by atoms with van der Waals surface area (Å²) in [5.74, 6) is 0.301. The van der Waals surface area contributed by atoms with E-state index in [2.05, 4.69) is 0 Å². The monoisotopic (exact) mass is 137 g/mol. The molecule has 1 radical (unpaired) electrons. The SMILES string of the molecule is CC.OC1=CC=CC=C[CH]1. The van der Waals surface area contributed by atoms with Gasteiger partial charge in [-0.15, -0.1) is 0 Å². The van der Waals surface area contributed by atoms with Gasteiger partial charge in [0.2, 0.25) is 0 Å². The quantitative estimate of drug-likeness (QED) is 0.544. The van der Waals surface area contributed by atoms with Crippen LogP contribution in [-0.2, 0) is 0 Å². The Kier molecular flexibility index (Phi) is 5.54. The molecule has 0 fully saturated rings. The van der Waals surface area contributed by atoms with Gasteiger partial charge in [0, 0.05) is 6.42 Å². The second-order valence-electron chi connectivity index (χ2n) is 1.53. The lowest BCUT2D eigenvalue weighted by Gasteiger charge is -1.85. The molecule has 1 N–H and O–H groups in total. The third kappa shape index (κ3) is 3.96. The highest BCUT2D eigenvalue weighted by Crippen LogP contribution is 1.99. The van der Waals surface area contributed by atoms with Crippen LogP contribution >= 0.6 is 0 Å².